The molecule has 1 saturated carbocycles. The molecule has 2 rings (SSSR count). The summed E-state index contributed by atoms with van der Waals surface area (Å²) >= 11 is 12.3. The van der Waals surface area contributed by atoms with Gasteiger partial charge >= 0.3 is 0 Å². The Balaban J connectivity index is 1.91. The predicted octanol–water partition coefficient (Wildman–Crippen LogP) is 2.29. The lowest BCUT2D eigenvalue weighted by molar-refractivity contribution is 0.0734. The van der Waals surface area contributed by atoms with Gasteiger partial charge in [-0.15, -0.1) is 23.2 Å². The smallest absolute Gasteiger partial charge is 0.0698 e. The van der Waals surface area contributed by atoms with E-state index in [9.17, 15) is 0 Å². The molecule has 2 fully saturated rings. The number of alkyl halides is 2. The molecule has 1 heterocycles. The van der Waals surface area contributed by atoms with Gasteiger partial charge in [-0.2, -0.15) is 5.48 Å². The van der Waals surface area contributed by atoms with Gasteiger partial charge in [0.2, 0.25) is 0 Å². The van der Waals surface area contributed by atoms with Gasteiger partial charge in [-0.25, -0.2) is 0 Å². The molecule has 4 atom stereocenters. The van der Waals surface area contributed by atoms with Crippen molar-refractivity contribution in [3.8, 4) is 0 Å². The Morgan fingerprint density at radius 2 is 2.00 bits per heavy atom. The Bertz CT molecular complexity index is 173. The van der Waals surface area contributed by atoms with Gasteiger partial charge < -0.3 is 4.84 Å². The number of hydroxylamine groups is 1. The van der Waals surface area contributed by atoms with E-state index in [1.807, 2.05) is 0 Å². The molecular weight excluding hydrogens is 209 g/mol. The highest BCUT2D eigenvalue weighted by atomic mass is 35.5. The Hall–Kier alpha value is 0.500. The van der Waals surface area contributed by atoms with Crippen molar-refractivity contribution in [2.24, 2.45) is 5.92 Å². The Labute approximate surface area is 88.9 Å². The number of hydrogen-bond acceptors (Lipinski definition) is 2. The van der Waals surface area contributed by atoms with E-state index >= 15 is 0 Å². The Kier molecular flexibility index (Phi) is 3.36. The highest BCUT2D eigenvalue weighted by molar-refractivity contribution is 6.24. The van der Waals surface area contributed by atoms with Crippen molar-refractivity contribution >= 4 is 23.2 Å². The van der Waals surface area contributed by atoms with E-state index in [-0.39, 0.29) is 10.8 Å². The minimum Gasteiger partial charge on any atom is -0.301 e. The quantitative estimate of drug-likeness (QED) is 0.690. The monoisotopic (exact) mass is 223 g/mol. The molecule has 0 aromatic rings. The van der Waals surface area contributed by atoms with Crippen LogP contribution in [0.15, 0.2) is 0 Å². The van der Waals surface area contributed by atoms with Crippen LogP contribution in [-0.4, -0.2) is 23.4 Å². The van der Waals surface area contributed by atoms with Crippen molar-refractivity contribution in [1.29, 1.82) is 0 Å². The van der Waals surface area contributed by atoms with Gasteiger partial charge in [0.1, 0.15) is 0 Å². The molecule has 0 bridgehead atoms. The summed E-state index contributed by atoms with van der Waals surface area (Å²) in [7, 11) is 0. The summed E-state index contributed by atoms with van der Waals surface area (Å²) in [6.45, 7) is 0.815. The van der Waals surface area contributed by atoms with Gasteiger partial charge in [0.25, 0.3) is 0 Å². The zero-order valence-electron chi connectivity index (χ0n) is 7.51. The van der Waals surface area contributed by atoms with Crippen LogP contribution in [0, 0.1) is 5.92 Å². The third kappa shape index (κ3) is 2.30. The normalized spacial score (nSPS) is 46.6. The molecule has 2 aliphatic rings. The molecule has 4 unspecified atom stereocenters. The maximum absolute atomic E-state index is 6.28. The highest BCUT2D eigenvalue weighted by Crippen LogP contribution is 2.35. The molecular formula is C9H15Cl2NO. The first-order chi connectivity index (χ1) is 6.27. The second kappa shape index (κ2) is 4.35. The van der Waals surface area contributed by atoms with Crippen LogP contribution in [0.3, 0.4) is 0 Å². The van der Waals surface area contributed by atoms with Gasteiger partial charge in [-0.1, -0.05) is 0 Å². The van der Waals surface area contributed by atoms with E-state index in [0.717, 1.165) is 32.3 Å². The summed E-state index contributed by atoms with van der Waals surface area (Å²) in [5.74, 6) is 0.541. The number of hydrogen-bond donors (Lipinski definition) is 1. The van der Waals surface area contributed by atoms with Crippen LogP contribution >= 0.6 is 23.2 Å². The summed E-state index contributed by atoms with van der Waals surface area (Å²) < 4.78 is 0. The SMILES string of the molecule is ClC1CCC(C2CCON2)C(Cl)C1. The molecule has 0 amide bonds. The molecule has 0 spiro atoms. The molecule has 1 aliphatic carbocycles. The molecule has 1 aliphatic heterocycles. The zero-order chi connectivity index (χ0) is 9.26. The molecule has 2 nitrogen and oxygen atoms in total. The van der Waals surface area contributed by atoms with Crippen molar-refractivity contribution < 1.29 is 4.84 Å². The first-order valence-corrected chi connectivity index (χ1v) is 5.80. The third-order valence-corrected chi connectivity index (χ3v) is 3.94. The largest absolute Gasteiger partial charge is 0.301 e. The van der Waals surface area contributed by atoms with E-state index in [1.165, 1.54) is 0 Å². The molecule has 76 valence electrons. The van der Waals surface area contributed by atoms with E-state index in [4.69, 9.17) is 28.0 Å². The summed E-state index contributed by atoms with van der Waals surface area (Å²) in [5.41, 5.74) is 3.04. The van der Waals surface area contributed by atoms with E-state index in [2.05, 4.69) is 5.48 Å². The summed E-state index contributed by atoms with van der Waals surface area (Å²) in [6, 6.07) is 0.451. The lowest BCUT2D eigenvalue weighted by atomic mass is 9.82. The van der Waals surface area contributed by atoms with Crippen molar-refractivity contribution in [2.75, 3.05) is 6.61 Å². The number of rotatable bonds is 1. The van der Waals surface area contributed by atoms with Crippen molar-refractivity contribution in [1.82, 2.24) is 5.48 Å². The fourth-order valence-corrected chi connectivity index (χ4v) is 3.18. The van der Waals surface area contributed by atoms with Gasteiger partial charge in [0.05, 0.1) is 6.61 Å². The molecule has 0 aromatic carbocycles. The minimum absolute atomic E-state index is 0.218. The van der Waals surface area contributed by atoms with Gasteiger partial charge in [-0.05, 0) is 31.6 Å². The number of halogens is 2. The molecule has 13 heavy (non-hydrogen) atoms. The Morgan fingerprint density at radius 3 is 2.62 bits per heavy atom. The topological polar surface area (TPSA) is 21.3 Å². The second-order valence-corrected chi connectivity index (χ2v) is 5.13. The average Bonchev–Trinajstić information content (AvgIpc) is 2.56. The zero-order valence-corrected chi connectivity index (χ0v) is 9.02. The van der Waals surface area contributed by atoms with E-state index in [1.54, 1.807) is 0 Å². The van der Waals surface area contributed by atoms with Crippen LogP contribution in [-0.2, 0) is 4.84 Å². The van der Waals surface area contributed by atoms with Gasteiger partial charge in [0.15, 0.2) is 0 Å². The average molecular weight is 224 g/mol. The molecule has 1 N–H and O–H groups in total. The lowest BCUT2D eigenvalue weighted by Crippen LogP contribution is -2.39. The van der Waals surface area contributed by atoms with Crippen LogP contribution in [0.1, 0.15) is 25.7 Å². The van der Waals surface area contributed by atoms with Crippen LogP contribution in [0.25, 0.3) is 0 Å². The summed E-state index contributed by atoms with van der Waals surface area (Å²) in [5, 5.41) is 0.497. The first-order valence-electron chi connectivity index (χ1n) is 4.93. The summed E-state index contributed by atoms with van der Waals surface area (Å²) in [6.07, 6.45) is 4.24. The standard InChI is InChI=1S/C9H15Cl2NO/c10-6-1-2-7(8(11)5-6)9-3-4-13-12-9/h6-9,12H,1-5H2. The third-order valence-electron chi connectivity index (χ3n) is 3.04. The minimum atomic E-state index is 0.218. The van der Waals surface area contributed by atoms with Crippen LogP contribution < -0.4 is 5.48 Å². The lowest BCUT2D eigenvalue weighted by Gasteiger charge is -2.33. The fourth-order valence-electron chi connectivity index (χ4n) is 2.26. The highest BCUT2D eigenvalue weighted by Gasteiger charge is 2.35. The summed E-state index contributed by atoms with van der Waals surface area (Å²) in [4.78, 5) is 5.14. The van der Waals surface area contributed by atoms with Gasteiger partial charge in [0, 0.05) is 16.8 Å². The maximum atomic E-state index is 6.28. The fraction of sp³-hybridized carbons (Fsp3) is 1.00. The first kappa shape index (κ1) is 10.0. The molecule has 1 saturated heterocycles. The van der Waals surface area contributed by atoms with Crippen LogP contribution in [0.5, 0.6) is 0 Å². The van der Waals surface area contributed by atoms with Crippen molar-refractivity contribution in [3.05, 3.63) is 0 Å². The molecule has 4 heteroatoms. The van der Waals surface area contributed by atoms with Crippen LogP contribution in [0.2, 0.25) is 0 Å². The van der Waals surface area contributed by atoms with E-state index < -0.39 is 0 Å². The predicted molar refractivity (Wildman–Crippen MR) is 54.1 cm³/mol. The van der Waals surface area contributed by atoms with Gasteiger partial charge in [-0.3, -0.25) is 0 Å². The maximum Gasteiger partial charge on any atom is 0.0698 e. The van der Waals surface area contributed by atoms with Crippen molar-refractivity contribution in [2.45, 2.75) is 42.5 Å². The molecule has 0 aromatic heterocycles. The Morgan fingerprint density at radius 1 is 1.15 bits per heavy atom. The number of nitrogens with one attached hydrogen (secondary N) is 1. The second-order valence-electron chi connectivity index (χ2n) is 3.95. The van der Waals surface area contributed by atoms with Crippen molar-refractivity contribution in [3.63, 3.8) is 0 Å². The van der Waals surface area contributed by atoms with Crippen LogP contribution in [0.4, 0.5) is 0 Å². The van der Waals surface area contributed by atoms with E-state index in [0.29, 0.717) is 12.0 Å². The molecule has 0 radical (unpaired) electrons.